The van der Waals surface area contributed by atoms with Crippen molar-refractivity contribution < 1.29 is 0 Å². The fourth-order valence-electron chi connectivity index (χ4n) is 7.85. The Balaban J connectivity index is 1.26. The molecule has 2 heterocycles. The van der Waals surface area contributed by atoms with Gasteiger partial charge in [-0.05, 0) is 62.4 Å². The number of nitrogens with zero attached hydrogens (tertiary/aromatic N) is 2. The van der Waals surface area contributed by atoms with Crippen LogP contribution < -0.4 is 0 Å². The standard InChI is InChI=1S/C45H28N2S/c1-3-14-29(15-4-1)41-43-42(37-27-30-16-7-8-17-31(30)28-40(37)48-43)47-44(46-41)32-18-13-21-34(26-32)45(33-19-5-2-6-20-33)38-24-11-9-22-35(38)36-23-10-12-25-39(36)45/h1-28H. The molecule has 0 unspecified atom stereocenters. The molecule has 48 heavy (non-hydrogen) atoms. The summed E-state index contributed by atoms with van der Waals surface area (Å²) in [6, 6.07) is 61.3. The summed E-state index contributed by atoms with van der Waals surface area (Å²) < 4.78 is 2.34. The van der Waals surface area contributed by atoms with E-state index in [-0.39, 0.29) is 0 Å². The number of benzene rings is 7. The van der Waals surface area contributed by atoms with Gasteiger partial charge in [-0.2, -0.15) is 0 Å². The summed E-state index contributed by atoms with van der Waals surface area (Å²) in [7, 11) is 0. The zero-order chi connectivity index (χ0) is 31.7. The van der Waals surface area contributed by atoms with Crippen LogP contribution >= 0.6 is 11.3 Å². The Hall–Kier alpha value is -5.90. The Bertz CT molecular complexity index is 2630. The van der Waals surface area contributed by atoms with Crippen molar-refractivity contribution in [1.29, 1.82) is 0 Å². The van der Waals surface area contributed by atoms with Gasteiger partial charge in [0.1, 0.15) is 0 Å². The lowest BCUT2D eigenvalue weighted by molar-refractivity contribution is 0.768. The van der Waals surface area contributed by atoms with Crippen LogP contribution in [0.3, 0.4) is 0 Å². The first-order chi connectivity index (χ1) is 23.8. The van der Waals surface area contributed by atoms with Crippen LogP contribution in [0.25, 0.3) is 64.8 Å². The summed E-state index contributed by atoms with van der Waals surface area (Å²) in [5.74, 6) is 0.735. The maximum Gasteiger partial charge on any atom is 0.160 e. The lowest BCUT2D eigenvalue weighted by Gasteiger charge is -2.34. The Morgan fingerprint density at radius 2 is 1.04 bits per heavy atom. The molecule has 0 spiro atoms. The van der Waals surface area contributed by atoms with Gasteiger partial charge < -0.3 is 0 Å². The quantitative estimate of drug-likeness (QED) is 0.194. The monoisotopic (exact) mass is 628 g/mol. The van der Waals surface area contributed by atoms with Crippen LogP contribution in [-0.4, -0.2) is 9.97 Å². The van der Waals surface area contributed by atoms with E-state index in [4.69, 9.17) is 9.97 Å². The van der Waals surface area contributed by atoms with Gasteiger partial charge in [0.15, 0.2) is 5.82 Å². The molecule has 224 valence electrons. The van der Waals surface area contributed by atoms with Crippen LogP contribution in [0.1, 0.15) is 22.3 Å². The molecule has 0 saturated carbocycles. The summed E-state index contributed by atoms with van der Waals surface area (Å²) in [5, 5.41) is 3.63. The average Bonchev–Trinajstić information content (AvgIpc) is 3.67. The van der Waals surface area contributed by atoms with E-state index in [0.29, 0.717) is 0 Å². The van der Waals surface area contributed by atoms with Crippen molar-refractivity contribution in [3.8, 4) is 33.8 Å². The van der Waals surface area contributed by atoms with Crippen molar-refractivity contribution in [2.24, 2.45) is 0 Å². The van der Waals surface area contributed by atoms with Gasteiger partial charge in [-0.1, -0.05) is 152 Å². The lowest BCUT2D eigenvalue weighted by Crippen LogP contribution is -2.28. The molecule has 1 aliphatic carbocycles. The van der Waals surface area contributed by atoms with Gasteiger partial charge in [0.2, 0.25) is 0 Å². The van der Waals surface area contributed by atoms with E-state index in [2.05, 4.69) is 170 Å². The molecule has 3 heteroatoms. The SMILES string of the molecule is c1ccc(-c2nc(-c3cccc(C4(c5ccccc5)c5ccccc5-c5ccccc54)c3)nc3c2sc2cc4ccccc4cc23)cc1. The molecule has 0 bridgehead atoms. The van der Waals surface area contributed by atoms with E-state index in [0.717, 1.165) is 32.9 Å². The largest absolute Gasteiger partial charge is 0.226 e. The predicted octanol–water partition coefficient (Wildman–Crippen LogP) is 11.7. The minimum atomic E-state index is -0.481. The second-order valence-corrected chi connectivity index (χ2v) is 13.6. The number of hydrogen-bond acceptors (Lipinski definition) is 3. The predicted molar refractivity (Wildman–Crippen MR) is 201 cm³/mol. The third-order valence-electron chi connectivity index (χ3n) is 9.94. The number of fused-ring (bicyclic) bond motifs is 7. The second-order valence-electron chi connectivity index (χ2n) is 12.5. The van der Waals surface area contributed by atoms with Gasteiger partial charge in [-0.15, -0.1) is 11.3 Å². The summed E-state index contributed by atoms with van der Waals surface area (Å²) in [4.78, 5) is 10.7. The zero-order valence-corrected chi connectivity index (χ0v) is 26.8. The fraction of sp³-hybridized carbons (Fsp3) is 0.0222. The fourth-order valence-corrected chi connectivity index (χ4v) is 9.04. The normalized spacial score (nSPS) is 13.2. The molecule has 7 aromatic carbocycles. The van der Waals surface area contributed by atoms with Crippen LogP contribution in [0.4, 0.5) is 0 Å². The van der Waals surface area contributed by atoms with Crippen LogP contribution in [0.2, 0.25) is 0 Å². The summed E-state index contributed by atoms with van der Waals surface area (Å²) in [5.41, 5.74) is 11.2. The summed E-state index contributed by atoms with van der Waals surface area (Å²) in [6.45, 7) is 0. The number of aromatic nitrogens is 2. The maximum absolute atomic E-state index is 5.38. The lowest BCUT2D eigenvalue weighted by atomic mass is 9.67. The molecule has 0 radical (unpaired) electrons. The number of hydrogen-bond donors (Lipinski definition) is 0. The van der Waals surface area contributed by atoms with E-state index >= 15 is 0 Å². The Kier molecular flexibility index (Phi) is 5.99. The number of thiophene rings is 1. The van der Waals surface area contributed by atoms with Crippen LogP contribution in [-0.2, 0) is 5.41 Å². The summed E-state index contributed by atoms with van der Waals surface area (Å²) >= 11 is 1.78. The van der Waals surface area contributed by atoms with Crippen LogP contribution in [0, 0.1) is 0 Å². The average molecular weight is 629 g/mol. The minimum absolute atomic E-state index is 0.481. The van der Waals surface area contributed by atoms with Crippen molar-refractivity contribution in [1.82, 2.24) is 9.97 Å². The van der Waals surface area contributed by atoms with E-state index in [1.54, 1.807) is 11.3 Å². The molecule has 0 fully saturated rings. The molecular formula is C45H28N2S. The van der Waals surface area contributed by atoms with E-state index in [9.17, 15) is 0 Å². The second kappa shape index (κ2) is 10.6. The highest BCUT2D eigenvalue weighted by Gasteiger charge is 2.45. The first kappa shape index (κ1) is 27.2. The molecule has 0 atom stereocenters. The molecule has 1 aliphatic rings. The topological polar surface area (TPSA) is 25.8 Å². The van der Waals surface area contributed by atoms with Crippen LogP contribution in [0.15, 0.2) is 170 Å². The third kappa shape index (κ3) is 3.92. The molecule has 0 amide bonds. The molecule has 9 aromatic rings. The third-order valence-corrected chi connectivity index (χ3v) is 11.1. The highest BCUT2D eigenvalue weighted by Crippen LogP contribution is 2.56. The van der Waals surface area contributed by atoms with Crippen molar-refractivity contribution in [2.75, 3.05) is 0 Å². The molecule has 2 nitrogen and oxygen atoms in total. The van der Waals surface area contributed by atoms with Gasteiger partial charge >= 0.3 is 0 Å². The van der Waals surface area contributed by atoms with Gasteiger partial charge in [0.05, 0.1) is 21.3 Å². The van der Waals surface area contributed by atoms with E-state index < -0.39 is 5.41 Å². The van der Waals surface area contributed by atoms with Crippen molar-refractivity contribution in [3.05, 3.63) is 192 Å². The number of rotatable bonds is 4. The van der Waals surface area contributed by atoms with E-state index in [1.807, 2.05) is 0 Å². The summed E-state index contributed by atoms with van der Waals surface area (Å²) in [6.07, 6.45) is 0. The Morgan fingerprint density at radius 3 is 1.77 bits per heavy atom. The molecular weight excluding hydrogens is 601 g/mol. The molecule has 10 rings (SSSR count). The molecule has 2 aromatic heterocycles. The maximum atomic E-state index is 5.38. The molecule has 0 aliphatic heterocycles. The van der Waals surface area contributed by atoms with Crippen molar-refractivity contribution in [2.45, 2.75) is 5.41 Å². The van der Waals surface area contributed by atoms with Gasteiger partial charge in [0.25, 0.3) is 0 Å². The molecule has 0 saturated heterocycles. The van der Waals surface area contributed by atoms with Gasteiger partial charge in [-0.25, -0.2) is 9.97 Å². The Morgan fingerprint density at radius 1 is 0.458 bits per heavy atom. The Labute approximate surface area is 282 Å². The van der Waals surface area contributed by atoms with Crippen LogP contribution in [0.5, 0.6) is 0 Å². The minimum Gasteiger partial charge on any atom is -0.226 e. The highest BCUT2D eigenvalue weighted by atomic mass is 32.1. The highest BCUT2D eigenvalue weighted by molar-refractivity contribution is 7.26. The first-order valence-corrected chi connectivity index (χ1v) is 17.1. The first-order valence-electron chi connectivity index (χ1n) is 16.3. The van der Waals surface area contributed by atoms with E-state index in [1.165, 1.54) is 54.2 Å². The smallest absolute Gasteiger partial charge is 0.160 e. The van der Waals surface area contributed by atoms with Gasteiger partial charge in [-0.3, -0.25) is 0 Å². The van der Waals surface area contributed by atoms with Crippen molar-refractivity contribution >= 4 is 42.4 Å². The van der Waals surface area contributed by atoms with Gasteiger partial charge in [0, 0.05) is 21.2 Å². The zero-order valence-electron chi connectivity index (χ0n) is 26.0. The molecule has 0 N–H and O–H groups in total. The van der Waals surface area contributed by atoms with Crippen molar-refractivity contribution in [3.63, 3.8) is 0 Å².